The topological polar surface area (TPSA) is 0 Å². The molecular weight excluding hydrogens is 239 g/mol. The zero-order valence-electron chi connectivity index (χ0n) is 8.37. The van der Waals surface area contributed by atoms with Crippen molar-refractivity contribution >= 4 is 44.7 Å². The van der Waals surface area contributed by atoms with E-state index in [0.29, 0.717) is 0 Å². The van der Waals surface area contributed by atoms with Crippen LogP contribution in [0, 0.1) is 0 Å². The highest BCUT2D eigenvalue weighted by Gasteiger charge is 2.01. The Labute approximate surface area is 103 Å². The smallest absolute Gasteiger partial charge is 0.0412 e. The molecule has 0 aliphatic heterocycles. The van der Waals surface area contributed by atoms with Crippen LogP contribution in [0.4, 0.5) is 0 Å². The summed E-state index contributed by atoms with van der Waals surface area (Å²) in [4.78, 5) is 0. The van der Waals surface area contributed by atoms with Crippen molar-refractivity contribution < 1.29 is 0 Å². The van der Waals surface area contributed by atoms with Gasteiger partial charge in [0.25, 0.3) is 0 Å². The zero-order chi connectivity index (χ0) is 11.1. The lowest BCUT2D eigenvalue weighted by molar-refractivity contribution is 1.76. The SMILES string of the molecule is Clc1ccc2c(ccc3cc(Cl)ccc32)c1. The van der Waals surface area contributed by atoms with Crippen molar-refractivity contribution in [1.29, 1.82) is 0 Å². The molecule has 0 saturated heterocycles. The van der Waals surface area contributed by atoms with Crippen LogP contribution in [0.15, 0.2) is 48.5 Å². The van der Waals surface area contributed by atoms with Gasteiger partial charge in [-0.2, -0.15) is 0 Å². The Morgan fingerprint density at radius 1 is 0.562 bits per heavy atom. The van der Waals surface area contributed by atoms with Crippen molar-refractivity contribution in [2.75, 3.05) is 0 Å². The molecule has 3 aromatic rings. The highest BCUT2D eigenvalue weighted by molar-refractivity contribution is 6.32. The minimum absolute atomic E-state index is 0.765. The predicted octanol–water partition coefficient (Wildman–Crippen LogP) is 5.30. The van der Waals surface area contributed by atoms with Crippen LogP contribution in [0.5, 0.6) is 0 Å². The van der Waals surface area contributed by atoms with E-state index >= 15 is 0 Å². The quantitative estimate of drug-likeness (QED) is 0.473. The van der Waals surface area contributed by atoms with Gasteiger partial charge in [-0.15, -0.1) is 0 Å². The van der Waals surface area contributed by atoms with Crippen LogP contribution in [0.2, 0.25) is 10.0 Å². The molecule has 3 aromatic carbocycles. The van der Waals surface area contributed by atoms with Crippen molar-refractivity contribution in [3.63, 3.8) is 0 Å². The number of rotatable bonds is 0. The van der Waals surface area contributed by atoms with Gasteiger partial charge >= 0.3 is 0 Å². The monoisotopic (exact) mass is 246 g/mol. The third kappa shape index (κ3) is 1.55. The Hall–Kier alpha value is -1.24. The second kappa shape index (κ2) is 3.65. The summed E-state index contributed by atoms with van der Waals surface area (Å²) in [7, 11) is 0. The predicted molar refractivity (Wildman–Crippen MR) is 71.5 cm³/mol. The van der Waals surface area contributed by atoms with Gasteiger partial charge in [0.1, 0.15) is 0 Å². The molecule has 0 atom stereocenters. The van der Waals surface area contributed by atoms with Crippen LogP contribution in [-0.2, 0) is 0 Å². The first-order valence-corrected chi connectivity index (χ1v) is 5.77. The standard InChI is InChI=1S/C14H8Cl2/c15-11-3-5-13-9(7-11)1-2-10-8-12(16)4-6-14(10)13/h1-8H. The molecule has 0 saturated carbocycles. The fraction of sp³-hybridized carbons (Fsp3) is 0. The van der Waals surface area contributed by atoms with Crippen LogP contribution < -0.4 is 0 Å². The normalized spacial score (nSPS) is 11.1. The Morgan fingerprint density at radius 3 is 1.44 bits per heavy atom. The molecule has 0 nitrogen and oxygen atoms in total. The van der Waals surface area contributed by atoms with Gasteiger partial charge < -0.3 is 0 Å². The summed E-state index contributed by atoms with van der Waals surface area (Å²) < 4.78 is 0. The highest BCUT2D eigenvalue weighted by atomic mass is 35.5. The van der Waals surface area contributed by atoms with E-state index in [1.807, 2.05) is 36.4 Å². The number of halogens is 2. The van der Waals surface area contributed by atoms with Crippen LogP contribution in [0.1, 0.15) is 0 Å². The van der Waals surface area contributed by atoms with E-state index in [-0.39, 0.29) is 0 Å². The van der Waals surface area contributed by atoms with E-state index in [1.165, 1.54) is 10.8 Å². The Bertz CT molecular complexity index is 626. The molecule has 0 fully saturated rings. The lowest BCUT2D eigenvalue weighted by Crippen LogP contribution is -1.77. The summed E-state index contributed by atoms with van der Waals surface area (Å²) in [6.45, 7) is 0. The van der Waals surface area contributed by atoms with Gasteiger partial charge in [-0.05, 0) is 45.8 Å². The first-order chi connectivity index (χ1) is 7.74. The van der Waals surface area contributed by atoms with Gasteiger partial charge in [-0.25, -0.2) is 0 Å². The summed E-state index contributed by atoms with van der Waals surface area (Å²) >= 11 is 11.9. The van der Waals surface area contributed by atoms with E-state index < -0.39 is 0 Å². The third-order valence-electron chi connectivity index (χ3n) is 2.76. The van der Waals surface area contributed by atoms with Crippen LogP contribution in [0.3, 0.4) is 0 Å². The average molecular weight is 247 g/mol. The molecule has 0 bridgehead atoms. The van der Waals surface area contributed by atoms with Gasteiger partial charge in [0, 0.05) is 10.0 Å². The van der Waals surface area contributed by atoms with Gasteiger partial charge in [-0.3, -0.25) is 0 Å². The minimum Gasteiger partial charge on any atom is -0.0843 e. The van der Waals surface area contributed by atoms with Gasteiger partial charge in [0.15, 0.2) is 0 Å². The maximum Gasteiger partial charge on any atom is 0.0412 e. The Kier molecular flexibility index (Phi) is 2.27. The summed E-state index contributed by atoms with van der Waals surface area (Å²) in [6.07, 6.45) is 0. The van der Waals surface area contributed by atoms with Crippen molar-refractivity contribution in [3.8, 4) is 0 Å². The maximum atomic E-state index is 5.97. The van der Waals surface area contributed by atoms with E-state index in [2.05, 4.69) is 12.1 Å². The molecule has 2 heteroatoms. The number of fused-ring (bicyclic) bond motifs is 3. The van der Waals surface area contributed by atoms with Gasteiger partial charge in [-0.1, -0.05) is 47.5 Å². The molecule has 16 heavy (non-hydrogen) atoms. The maximum absolute atomic E-state index is 5.97. The number of benzene rings is 3. The van der Waals surface area contributed by atoms with Crippen molar-refractivity contribution in [3.05, 3.63) is 58.6 Å². The molecular formula is C14H8Cl2. The fourth-order valence-electron chi connectivity index (χ4n) is 2.01. The molecule has 0 heterocycles. The van der Waals surface area contributed by atoms with Gasteiger partial charge in [0.05, 0.1) is 0 Å². The van der Waals surface area contributed by atoms with Crippen molar-refractivity contribution in [2.45, 2.75) is 0 Å². The molecule has 0 spiro atoms. The molecule has 0 amide bonds. The first-order valence-electron chi connectivity index (χ1n) is 5.01. The largest absolute Gasteiger partial charge is 0.0843 e. The van der Waals surface area contributed by atoms with E-state index in [1.54, 1.807) is 0 Å². The average Bonchev–Trinajstić information content (AvgIpc) is 2.28. The van der Waals surface area contributed by atoms with Crippen LogP contribution in [0.25, 0.3) is 21.5 Å². The number of hydrogen-bond donors (Lipinski definition) is 0. The molecule has 0 aromatic heterocycles. The lowest BCUT2D eigenvalue weighted by atomic mass is 10.0. The summed E-state index contributed by atoms with van der Waals surface area (Å²) in [5.41, 5.74) is 0. The Morgan fingerprint density at radius 2 is 1.00 bits per heavy atom. The van der Waals surface area contributed by atoms with Crippen molar-refractivity contribution in [1.82, 2.24) is 0 Å². The molecule has 0 unspecified atom stereocenters. The van der Waals surface area contributed by atoms with E-state index in [0.717, 1.165) is 20.8 Å². The molecule has 3 rings (SSSR count). The fourth-order valence-corrected chi connectivity index (χ4v) is 2.37. The second-order valence-electron chi connectivity index (χ2n) is 3.80. The van der Waals surface area contributed by atoms with Crippen molar-refractivity contribution in [2.24, 2.45) is 0 Å². The first kappa shape index (κ1) is 9.95. The highest BCUT2D eigenvalue weighted by Crippen LogP contribution is 2.29. The molecule has 78 valence electrons. The lowest BCUT2D eigenvalue weighted by Gasteiger charge is -2.04. The number of hydrogen-bond acceptors (Lipinski definition) is 0. The molecule has 0 aliphatic rings. The van der Waals surface area contributed by atoms with E-state index in [9.17, 15) is 0 Å². The van der Waals surface area contributed by atoms with Gasteiger partial charge in [0.2, 0.25) is 0 Å². The molecule has 0 N–H and O–H groups in total. The minimum atomic E-state index is 0.765. The zero-order valence-corrected chi connectivity index (χ0v) is 9.89. The summed E-state index contributed by atoms with van der Waals surface area (Å²) in [6, 6.07) is 16.0. The summed E-state index contributed by atoms with van der Waals surface area (Å²) in [5, 5.41) is 6.25. The Balaban J connectivity index is 2.50. The molecule has 0 aliphatic carbocycles. The third-order valence-corrected chi connectivity index (χ3v) is 3.23. The molecule has 0 radical (unpaired) electrons. The van der Waals surface area contributed by atoms with Crippen LogP contribution >= 0.6 is 23.2 Å². The second-order valence-corrected chi connectivity index (χ2v) is 4.67. The summed E-state index contributed by atoms with van der Waals surface area (Å²) in [5.74, 6) is 0. The van der Waals surface area contributed by atoms with Crippen LogP contribution in [-0.4, -0.2) is 0 Å². The van der Waals surface area contributed by atoms with E-state index in [4.69, 9.17) is 23.2 Å².